The van der Waals surface area contributed by atoms with Gasteiger partial charge in [-0.05, 0) is 37.1 Å². The van der Waals surface area contributed by atoms with Crippen molar-refractivity contribution in [2.75, 3.05) is 5.73 Å². The monoisotopic (exact) mass is 314 g/mol. The van der Waals surface area contributed by atoms with Gasteiger partial charge in [-0.25, -0.2) is 23.1 Å². The summed E-state index contributed by atoms with van der Waals surface area (Å²) in [5, 5.41) is 0.428. The molecule has 5 nitrogen and oxygen atoms in total. The van der Waals surface area contributed by atoms with Gasteiger partial charge < -0.3 is 5.73 Å². The van der Waals surface area contributed by atoms with E-state index in [9.17, 15) is 13.6 Å². The van der Waals surface area contributed by atoms with Gasteiger partial charge in [0.2, 0.25) is 0 Å². The number of rotatable bonds is 2. The first-order valence-corrected chi connectivity index (χ1v) is 7.19. The van der Waals surface area contributed by atoms with Crippen molar-refractivity contribution in [2.24, 2.45) is 0 Å². The molecule has 7 heteroatoms. The highest BCUT2D eigenvalue weighted by Crippen LogP contribution is 2.39. The normalized spacial score (nSPS) is 14.3. The summed E-state index contributed by atoms with van der Waals surface area (Å²) < 4.78 is 28.6. The zero-order chi connectivity index (χ0) is 16.1. The van der Waals surface area contributed by atoms with E-state index in [-0.39, 0.29) is 17.2 Å². The number of hydrogen-bond acceptors (Lipinski definition) is 4. The van der Waals surface area contributed by atoms with Crippen LogP contribution in [-0.4, -0.2) is 14.5 Å². The van der Waals surface area contributed by atoms with E-state index in [1.165, 1.54) is 0 Å². The summed E-state index contributed by atoms with van der Waals surface area (Å²) in [6, 6.07) is 6.43. The highest BCUT2D eigenvalue weighted by molar-refractivity contribution is 5.86. The molecule has 0 unspecified atom stereocenters. The maximum absolute atomic E-state index is 14.1. The van der Waals surface area contributed by atoms with E-state index >= 15 is 0 Å². The molecule has 2 aromatic heterocycles. The zero-order valence-corrected chi connectivity index (χ0v) is 12.0. The molecule has 2 heterocycles. The molecule has 1 aliphatic rings. The summed E-state index contributed by atoms with van der Waals surface area (Å²) in [6.07, 6.45) is 2.05. The number of anilines is 1. The highest BCUT2D eigenvalue weighted by atomic mass is 19.1. The summed E-state index contributed by atoms with van der Waals surface area (Å²) in [7, 11) is 0. The molecule has 4 rings (SSSR count). The van der Waals surface area contributed by atoms with Crippen LogP contribution < -0.4 is 11.4 Å². The third-order valence-electron chi connectivity index (χ3n) is 3.94. The van der Waals surface area contributed by atoms with Crippen molar-refractivity contribution in [2.45, 2.75) is 18.8 Å². The number of benzene rings is 1. The van der Waals surface area contributed by atoms with Crippen LogP contribution in [0.25, 0.3) is 16.7 Å². The van der Waals surface area contributed by atoms with E-state index in [0.717, 1.165) is 41.3 Å². The van der Waals surface area contributed by atoms with E-state index in [1.54, 1.807) is 6.07 Å². The lowest BCUT2D eigenvalue weighted by atomic mass is 10.2. The third kappa shape index (κ3) is 2.25. The largest absolute Gasteiger partial charge is 0.383 e. The van der Waals surface area contributed by atoms with Crippen molar-refractivity contribution in [3.05, 3.63) is 58.1 Å². The number of fused-ring (bicyclic) bond motifs is 1. The Hall–Kier alpha value is -2.83. The van der Waals surface area contributed by atoms with Crippen LogP contribution in [0.2, 0.25) is 0 Å². The molecule has 3 aromatic rings. The first kappa shape index (κ1) is 13.8. The van der Waals surface area contributed by atoms with Crippen molar-refractivity contribution in [3.63, 3.8) is 0 Å². The molecule has 0 spiro atoms. The van der Waals surface area contributed by atoms with Gasteiger partial charge >= 0.3 is 5.69 Å². The Morgan fingerprint density at radius 1 is 1.13 bits per heavy atom. The molecule has 1 aliphatic carbocycles. The number of pyridine rings is 1. The zero-order valence-electron chi connectivity index (χ0n) is 12.0. The Kier molecular flexibility index (Phi) is 2.90. The van der Waals surface area contributed by atoms with Crippen molar-refractivity contribution < 1.29 is 8.78 Å². The number of nitrogens with two attached hydrogens (primary N) is 1. The van der Waals surface area contributed by atoms with Gasteiger partial charge in [0.25, 0.3) is 0 Å². The fraction of sp³-hybridized carbons (Fsp3) is 0.188. The van der Waals surface area contributed by atoms with Crippen LogP contribution in [0.5, 0.6) is 0 Å². The molecular weight excluding hydrogens is 302 g/mol. The molecule has 0 aliphatic heterocycles. The highest BCUT2D eigenvalue weighted by Gasteiger charge is 2.26. The van der Waals surface area contributed by atoms with Crippen LogP contribution in [0.4, 0.5) is 14.6 Å². The van der Waals surface area contributed by atoms with Gasteiger partial charge in [0.15, 0.2) is 5.65 Å². The second-order valence-electron chi connectivity index (χ2n) is 5.59. The Bertz CT molecular complexity index is 995. The summed E-state index contributed by atoms with van der Waals surface area (Å²) in [5.74, 6) is -1.03. The molecule has 0 atom stereocenters. The number of nitrogen functional groups attached to an aromatic ring is 1. The molecule has 0 bridgehead atoms. The second kappa shape index (κ2) is 4.84. The lowest BCUT2D eigenvalue weighted by Gasteiger charge is -2.12. The van der Waals surface area contributed by atoms with Crippen molar-refractivity contribution in [1.29, 1.82) is 0 Å². The number of aromatic nitrogens is 3. The van der Waals surface area contributed by atoms with Crippen molar-refractivity contribution >= 4 is 16.9 Å². The van der Waals surface area contributed by atoms with Crippen LogP contribution in [-0.2, 0) is 0 Å². The van der Waals surface area contributed by atoms with Crippen LogP contribution >= 0.6 is 0 Å². The van der Waals surface area contributed by atoms with E-state index < -0.39 is 17.3 Å². The average Bonchev–Trinajstić information content (AvgIpc) is 3.35. The summed E-state index contributed by atoms with van der Waals surface area (Å²) in [6.45, 7) is 0. The predicted octanol–water partition coefficient (Wildman–Crippen LogP) is 2.52. The quantitative estimate of drug-likeness (QED) is 0.789. The van der Waals surface area contributed by atoms with Crippen LogP contribution in [0.1, 0.15) is 24.5 Å². The molecule has 0 saturated heterocycles. The predicted molar refractivity (Wildman–Crippen MR) is 81.4 cm³/mol. The number of nitrogens with zero attached hydrogens (tertiary/aromatic N) is 3. The average molecular weight is 314 g/mol. The van der Waals surface area contributed by atoms with Gasteiger partial charge in [-0.3, -0.25) is 0 Å². The SMILES string of the molecule is Nc1nc(=O)n(-c2cc(F)ccc2F)c2nc(C3CC3)ccc12. The van der Waals surface area contributed by atoms with Crippen molar-refractivity contribution in [1.82, 2.24) is 14.5 Å². The molecule has 0 radical (unpaired) electrons. The summed E-state index contributed by atoms with van der Waals surface area (Å²) in [5.41, 5.74) is 5.77. The van der Waals surface area contributed by atoms with Gasteiger partial charge in [0.05, 0.1) is 11.1 Å². The third-order valence-corrected chi connectivity index (χ3v) is 3.94. The molecule has 1 fully saturated rings. The fourth-order valence-electron chi connectivity index (χ4n) is 2.62. The second-order valence-corrected chi connectivity index (χ2v) is 5.59. The first-order chi connectivity index (χ1) is 11.0. The minimum Gasteiger partial charge on any atom is -0.383 e. The molecule has 1 saturated carbocycles. The smallest absolute Gasteiger partial charge is 0.355 e. The first-order valence-electron chi connectivity index (χ1n) is 7.19. The lowest BCUT2D eigenvalue weighted by molar-refractivity contribution is 0.591. The van der Waals surface area contributed by atoms with Crippen molar-refractivity contribution in [3.8, 4) is 5.69 Å². The fourth-order valence-corrected chi connectivity index (χ4v) is 2.62. The van der Waals surface area contributed by atoms with E-state index in [2.05, 4.69) is 9.97 Å². The topological polar surface area (TPSA) is 73.8 Å². The maximum Gasteiger partial charge on any atom is 0.355 e. The van der Waals surface area contributed by atoms with E-state index in [1.807, 2.05) is 6.07 Å². The Balaban J connectivity index is 2.10. The van der Waals surface area contributed by atoms with E-state index in [0.29, 0.717) is 11.3 Å². The molecule has 1 aromatic carbocycles. The van der Waals surface area contributed by atoms with Gasteiger partial charge in [-0.2, -0.15) is 4.98 Å². The standard InChI is InChI=1S/C16H12F2N4O/c17-9-3-5-11(18)13(7-9)22-15-10(14(19)21-16(22)23)4-6-12(20-15)8-1-2-8/h3-8H,1-2H2,(H2,19,21,23). The minimum atomic E-state index is -0.792. The van der Waals surface area contributed by atoms with Crippen LogP contribution in [0.3, 0.4) is 0 Å². The Morgan fingerprint density at radius 2 is 1.91 bits per heavy atom. The molecule has 0 amide bonds. The van der Waals surface area contributed by atoms with Crippen LogP contribution in [0, 0.1) is 11.6 Å². The van der Waals surface area contributed by atoms with Crippen LogP contribution in [0.15, 0.2) is 35.1 Å². The van der Waals surface area contributed by atoms with Gasteiger partial charge in [-0.1, -0.05) is 0 Å². The molecule has 2 N–H and O–H groups in total. The molecule has 116 valence electrons. The van der Waals surface area contributed by atoms with Gasteiger partial charge in [0.1, 0.15) is 17.5 Å². The number of halogens is 2. The Morgan fingerprint density at radius 3 is 2.65 bits per heavy atom. The lowest BCUT2D eigenvalue weighted by Crippen LogP contribution is -2.25. The Labute approximate surface area is 129 Å². The van der Waals surface area contributed by atoms with Gasteiger partial charge in [0, 0.05) is 17.7 Å². The number of hydrogen-bond donors (Lipinski definition) is 1. The summed E-state index contributed by atoms with van der Waals surface area (Å²) >= 11 is 0. The minimum absolute atomic E-state index is 0.0212. The maximum atomic E-state index is 14.1. The molecule has 23 heavy (non-hydrogen) atoms. The molecular formula is C16H12F2N4O. The van der Waals surface area contributed by atoms with E-state index in [4.69, 9.17) is 5.73 Å². The van der Waals surface area contributed by atoms with Gasteiger partial charge in [-0.15, -0.1) is 0 Å². The summed E-state index contributed by atoms with van der Waals surface area (Å²) in [4.78, 5) is 20.4.